The maximum Gasteiger partial charge on any atom is 0.410 e. The highest BCUT2D eigenvalue weighted by atomic mass is 16.6. The Bertz CT molecular complexity index is 778. The third-order valence-electron chi connectivity index (χ3n) is 4.15. The Morgan fingerprint density at radius 3 is 2.92 bits per heavy atom. The van der Waals surface area contributed by atoms with E-state index in [9.17, 15) is 9.59 Å². The monoisotopic (exact) mass is 344 g/mol. The molecule has 1 fully saturated rings. The molecule has 1 atom stereocenters. The predicted octanol–water partition coefficient (Wildman–Crippen LogP) is 3.15. The summed E-state index contributed by atoms with van der Waals surface area (Å²) in [5.41, 5.74) is 1.12. The fourth-order valence-corrected chi connectivity index (χ4v) is 2.95. The van der Waals surface area contributed by atoms with Crippen LogP contribution in [0, 0.1) is 5.92 Å². The van der Waals surface area contributed by atoms with Gasteiger partial charge in [-0.2, -0.15) is 5.10 Å². The zero-order valence-corrected chi connectivity index (χ0v) is 14.8. The maximum atomic E-state index is 12.6. The summed E-state index contributed by atoms with van der Waals surface area (Å²) in [4.78, 5) is 26.4. The second-order valence-corrected chi connectivity index (χ2v) is 7.43. The number of fused-ring (bicyclic) bond motifs is 1. The van der Waals surface area contributed by atoms with Crippen LogP contribution in [0.3, 0.4) is 0 Å². The van der Waals surface area contributed by atoms with Crippen molar-refractivity contribution in [3.8, 4) is 0 Å². The van der Waals surface area contributed by atoms with Gasteiger partial charge in [0.05, 0.1) is 17.6 Å². The fourth-order valence-electron chi connectivity index (χ4n) is 2.95. The van der Waals surface area contributed by atoms with Crippen molar-refractivity contribution in [1.82, 2.24) is 15.1 Å². The van der Waals surface area contributed by atoms with Crippen molar-refractivity contribution < 1.29 is 14.3 Å². The van der Waals surface area contributed by atoms with Crippen molar-refractivity contribution in [3.63, 3.8) is 0 Å². The number of anilines is 1. The van der Waals surface area contributed by atoms with Gasteiger partial charge in [0.25, 0.3) is 0 Å². The molecule has 2 N–H and O–H groups in total. The quantitative estimate of drug-likeness (QED) is 0.876. The number of amides is 2. The molecule has 2 heterocycles. The highest BCUT2D eigenvalue weighted by Crippen LogP contribution is 2.22. The molecule has 1 unspecified atom stereocenters. The second kappa shape index (κ2) is 6.74. The van der Waals surface area contributed by atoms with Crippen LogP contribution in [-0.4, -0.2) is 45.8 Å². The SMILES string of the molecule is CC(C)(C)OC(=O)N1CCCC(C(=O)Nc2ccc3[nH]ncc3c2)C1. The first-order chi connectivity index (χ1) is 11.8. The van der Waals surface area contributed by atoms with Crippen LogP contribution in [0.4, 0.5) is 10.5 Å². The van der Waals surface area contributed by atoms with Crippen LogP contribution in [0.5, 0.6) is 0 Å². The number of hydrogen-bond donors (Lipinski definition) is 2. The minimum Gasteiger partial charge on any atom is -0.444 e. The molecule has 0 saturated carbocycles. The molecular weight excluding hydrogens is 320 g/mol. The Kier molecular flexibility index (Phi) is 4.65. The third kappa shape index (κ3) is 4.29. The molecule has 1 aromatic heterocycles. The normalized spacial score (nSPS) is 18.2. The largest absolute Gasteiger partial charge is 0.444 e. The smallest absolute Gasteiger partial charge is 0.410 e. The summed E-state index contributed by atoms with van der Waals surface area (Å²) in [7, 11) is 0. The molecule has 3 rings (SSSR count). The first kappa shape index (κ1) is 17.3. The number of carbonyl (C=O) groups excluding carboxylic acids is 2. The number of benzene rings is 1. The maximum absolute atomic E-state index is 12.6. The lowest BCUT2D eigenvalue weighted by Gasteiger charge is -2.33. The van der Waals surface area contributed by atoms with Crippen LogP contribution in [0.25, 0.3) is 10.9 Å². The van der Waals surface area contributed by atoms with E-state index in [4.69, 9.17) is 4.74 Å². The zero-order chi connectivity index (χ0) is 18.0. The van der Waals surface area contributed by atoms with E-state index in [0.717, 1.165) is 29.4 Å². The molecule has 134 valence electrons. The number of carbonyl (C=O) groups is 2. The van der Waals surface area contributed by atoms with E-state index in [0.29, 0.717) is 13.1 Å². The van der Waals surface area contributed by atoms with Gasteiger partial charge in [0, 0.05) is 24.2 Å². The predicted molar refractivity (Wildman–Crippen MR) is 95.3 cm³/mol. The Labute approximate surface area is 146 Å². The third-order valence-corrected chi connectivity index (χ3v) is 4.15. The van der Waals surface area contributed by atoms with Gasteiger partial charge in [-0.1, -0.05) is 0 Å². The summed E-state index contributed by atoms with van der Waals surface area (Å²) in [6.07, 6.45) is 2.91. The van der Waals surface area contributed by atoms with Gasteiger partial charge in [-0.3, -0.25) is 9.89 Å². The van der Waals surface area contributed by atoms with Crippen molar-refractivity contribution in [3.05, 3.63) is 24.4 Å². The first-order valence-electron chi connectivity index (χ1n) is 8.54. The number of nitrogens with one attached hydrogen (secondary N) is 2. The molecule has 0 spiro atoms. The summed E-state index contributed by atoms with van der Waals surface area (Å²) >= 11 is 0. The van der Waals surface area contributed by atoms with E-state index >= 15 is 0 Å². The molecule has 1 aliphatic rings. The van der Waals surface area contributed by atoms with Gasteiger partial charge in [0.2, 0.25) is 5.91 Å². The molecular formula is C18H24N4O3. The lowest BCUT2D eigenvalue weighted by Crippen LogP contribution is -2.45. The van der Waals surface area contributed by atoms with Crippen molar-refractivity contribution in [2.75, 3.05) is 18.4 Å². The van der Waals surface area contributed by atoms with E-state index in [1.165, 1.54) is 0 Å². The summed E-state index contributed by atoms with van der Waals surface area (Å²) in [6.45, 7) is 6.52. The van der Waals surface area contributed by atoms with E-state index < -0.39 is 5.60 Å². The average Bonchev–Trinajstić information content (AvgIpc) is 3.01. The van der Waals surface area contributed by atoms with Gasteiger partial charge in [0.15, 0.2) is 0 Å². The Balaban J connectivity index is 1.62. The van der Waals surface area contributed by atoms with Crippen molar-refractivity contribution in [2.24, 2.45) is 5.92 Å². The number of hydrogen-bond acceptors (Lipinski definition) is 4. The van der Waals surface area contributed by atoms with Gasteiger partial charge in [-0.15, -0.1) is 0 Å². The average molecular weight is 344 g/mol. The Morgan fingerprint density at radius 1 is 1.36 bits per heavy atom. The summed E-state index contributed by atoms with van der Waals surface area (Å²) in [6, 6.07) is 5.60. The minimum atomic E-state index is -0.535. The molecule has 0 radical (unpaired) electrons. The molecule has 2 amide bonds. The minimum absolute atomic E-state index is 0.0731. The van der Waals surface area contributed by atoms with Gasteiger partial charge in [-0.05, 0) is 51.8 Å². The molecule has 0 aliphatic carbocycles. The van der Waals surface area contributed by atoms with E-state index in [-0.39, 0.29) is 17.9 Å². The number of nitrogens with zero attached hydrogens (tertiary/aromatic N) is 2. The van der Waals surface area contributed by atoms with Gasteiger partial charge in [0.1, 0.15) is 5.60 Å². The van der Waals surface area contributed by atoms with Crippen LogP contribution in [-0.2, 0) is 9.53 Å². The Morgan fingerprint density at radius 2 is 2.16 bits per heavy atom. The molecule has 1 saturated heterocycles. The van der Waals surface area contributed by atoms with Gasteiger partial charge < -0.3 is 15.0 Å². The topological polar surface area (TPSA) is 87.3 Å². The molecule has 1 aromatic carbocycles. The van der Waals surface area contributed by atoms with Crippen molar-refractivity contribution in [2.45, 2.75) is 39.2 Å². The standard InChI is InChI=1S/C18H24N4O3/c1-18(2,3)25-17(24)22-8-4-5-12(11-22)16(23)20-14-6-7-15-13(9-14)10-19-21-15/h6-7,9-10,12H,4-5,8,11H2,1-3H3,(H,19,21)(H,20,23). The van der Waals surface area contributed by atoms with Crippen LogP contribution >= 0.6 is 0 Å². The number of ether oxygens (including phenoxy) is 1. The number of likely N-dealkylation sites (tertiary alicyclic amines) is 1. The number of rotatable bonds is 2. The molecule has 7 nitrogen and oxygen atoms in total. The van der Waals surface area contributed by atoms with Crippen LogP contribution < -0.4 is 5.32 Å². The second-order valence-electron chi connectivity index (χ2n) is 7.43. The molecule has 0 bridgehead atoms. The molecule has 25 heavy (non-hydrogen) atoms. The van der Waals surface area contributed by atoms with Crippen LogP contribution in [0.1, 0.15) is 33.6 Å². The highest BCUT2D eigenvalue weighted by Gasteiger charge is 2.31. The van der Waals surface area contributed by atoms with Gasteiger partial charge in [-0.25, -0.2) is 4.79 Å². The summed E-state index contributed by atoms with van der Waals surface area (Å²) in [5, 5.41) is 10.7. The molecule has 1 aliphatic heterocycles. The first-order valence-corrected chi connectivity index (χ1v) is 8.54. The number of piperidine rings is 1. The lowest BCUT2D eigenvalue weighted by atomic mass is 9.97. The van der Waals surface area contributed by atoms with Gasteiger partial charge >= 0.3 is 6.09 Å². The Hall–Kier alpha value is -2.57. The highest BCUT2D eigenvalue weighted by molar-refractivity contribution is 5.95. The van der Waals surface area contributed by atoms with Crippen molar-refractivity contribution >= 4 is 28.6 Å². The van der Waals surface area contributed by atoms with E-state index in [1.807, 2.05) is 39.0 Å². The number of H-pyrrole nitrogens is 1. The fraction of sp³-hybridized carbons (Fsp3) is 0.500. The van der Waals surface area contributed by atoms with E-state index in [1.54, 1.807) is 11.1 Å². The molecule has 2 aromatic rings. The number of aromatic nitrogens is 2. The lowest BCUT2D eigenvalue weighted by molar-refractivity contribution is -0.121. The number of aromatic amines is 1. The molecule has 7 heteroatoms. The van der Waals surface area contributed by atoms with Crippen LogP contribution in [0.2, 0.25) is 0 Å². The summed E-state index contributed by atoms with van der Waals surface area (Å²) < 4.78 is 5.41. The van der Waals surface area contributed by atoms with Crippen LogP contribution in [0.15, 0.2) is 24.4 Å². The zero-order valence-electron chi connectivity index (χ0n) is 14.8. The van der Waals surface area contributed by atoms with Crippen molar-refractivity contribution in [1.29, 1.82) is 0 Å². The summed E-state index contributed by atoms with van der Waals surface area (Å²) in [5.74, 6) is -0.308. The van der Waals surface area contributed by atoms with E-state index in [2.05, 4.69) is 15.5 Å².